The lowest BCUT2D eigenvalue weighted by Crippen LogP contribution is -2.21. The van der Waals surface area contributed by atoms with Crippen LogP contribution in [0.25, 0.3) is 10.8 Å². The van der Waals surface area contributed by atoms with E-state index in [4.69, 9.17) is 15.0 Å². The summed E-state index contributed by atoms with van der Waals surface area (Å²) in [6, 6.07) is 12.8. The Labute approximate surface area is 111 Å². The van der Waals surface area contributed by atoms with Gasteiger partial charge in [-0.15, -0.1) is 0 Å². The minimum atomic E-state index is -5.08. The van der Waals surface area contributed by atoms with Gasteiger partial charge in [0.2, 0.25) is 0 Å². The largest absolute Gasteiger partial charge is 0.490 e. The number of carboxylic acid groups (broad SMARTS) is 2. The fourth-order valence-corrected chi connectivity index (χ4v) is 1.32. The van der Waals surface area contributed by atoms with Gasteiger partial charge in [0.1, 0.15) is 0 Å². The quantitative estimate of drug-likeness (QED) is 0.844. The van der Waals surface area contributed by atoms with Crippen LogP contribution >= 0.6 is 0 Å². The zero-order chi connectivity index (χ0) is 15.3. The first-order chi connectivity index (χ1) is 9.21. The highest BCUT2D eigenvalue weighted by molar-refractivity contribution is 5.94. The molecule has 20 heavy (non-hydrogen) atoms. The molecule has 2 aromatic carbocycles. The third-order valence-corrected chi connectivity index (χ3v) is 2.24. The van der Waals surface area contributed by atoms with Gasteiger partial charge in [-0.05, 0) is 22.9 Å². The van der Waals surface area contributed by atoms with Crippen LogP contribution in [0.15, 0.2) is 42.5 Å². The molecule has 106 valence electrons. The number of benzene rings is 2. The van der Waals surface area contributed by atoms with Crippen LogP contribution in [-0.2, 0) is 4.79 Å². The van der Waals surface area contributed by atoms with Crippen molar-refractivity contribution in [3.63, 3.8) is 0 Å². The molecule has 0 saturated carbocycles. The SMILES string of the molecule is O=C(O)C(F)(F)F.O=C(O)c1ccc2ccccc2c1. The smallest absolute Gasteiger partial charge is 0.478 e. The molecular weight excluding hydrogens is 277 g/mol. The normalized spacial score (nSPS) is 10.6. The maximum atomic E-state index is 10.6. The number of aromatic carboxylic acids is 1. The molecule has 0 bridgehead atoms. The van der Waals surface area contributed by atoms with Crippen molar-refractivity contribution in [2.24, 2.45) is 0 Å². The summed E-state index contributed by atoms with van der Waals surface area (Å²) in [7, 11) is 0. The van der Waals surface area contributed by atoms with E-state index in [-0.39, 0.29) is 0 Å². The van der Waals surface area contributed by atoms with Crippen molar-refractivity contribution in [2.45, 2.75) is 6.18 Å². The zero-order valence-corrected chi connectivity index (χ0v) is 9.89. The van der Waals surface area contributed by atoms with Crippen molar-refractivity contribution in [2.75, 3.05) is 0 Å². The highest BCUT2D eigenvalue weighted by Gasteiger charge is 2.38. The molecule has 0 atom stereocenters. The molecule has 0 heterocycles. The van der Waals surface area contributed by atoms with Gasteiger partial charge in [0.15, 0.2) is 0 Å². The van der Waals surface area contributed by atoms with Crippen LogP contribution in [0, 0.1) is 0 Å². The molecule has 2 rings (SSSR count). The number of fused-ring (bicyclic) bond motifs is 1. The van der Waals surface area contributed by atoms with Crippen LogP contribution in [0.1, 0.15) is 10.4 Å². The molecule has 0 spiro atoms. The van der Waals surface area contributed by atoms with E-state index in [0.29, 0.717) is 5.56 Å². The third kappa shape index (κ3) is 4.27. The van der Waals surface area contributed by atoms with Crippen molar-refractivity contribution in [1.29, 1.82) is 0 Å². The first-order valence-corrected chi connectivity index (χ1v) is 5.24. The van der Waals surface area contributed by atoms with Crippen LogP contribution in [-0.4, -0.2) is 28.3 Å². The average Bonchev–Trinajstić information content (AvgIpc) is 2.37. The Morgan fingerprint density at radius 3 is 1.85 bits per heavy atom. The van der Waals surface area contributed by atoms with Gasteiger partial charge in [0.25, 0.3) is 0 Å². The minimum Gasteiger partial charge on any atom is -0.478 e. The van der Waals surface area contributed by atoms with Crippen molar-refractivity contribution >= 4 is 22.7 Å². The number of halogens is 3. The van der Waals surface area contributed by atoms with Gasteiger partial charge < -0.3 is 10.2 Å². The lowest BCUT2D eigenvalue weighted by atomic mass is 10.1. The molecule has 2 N–H and O–H groups in total. The van der Waals surface area contributed by atoms with Crippen molar-refractivity contribution in [3.05, 3.63) is 48.0 Å². The van der Waals surface area contributed by atoms with Crippen LogP contribution < -0.4 is 0 Å². The molecule has 4 nitrogen and oxygen atoms in total. The molecule has 0 aliphatic carbocycles. The van der Waals surface area contributed by atoms with Crippen molar-refractivity contribution in [1.82, 2.24) is 0 Å². The Hall–Kier alpha value is -2.57. The number of alkyl halides is 3. The number of carboxylic acids is 2. The predicted molar refractivity (Wildman–Crippen MR) is 64.6 cm³/mol. The van der Waals surface area contributed by atoms with Gasteiger partial charge in [-0.1, -0.05) is 30.3 Å². The summed E-state index contributed by atoms with van der Waals surface area (Å²) in [5, 5.41) is 17.9. The number of rotatable bonds is 1. The van der Waals surface area contributed by atoms with Gasteiger partial charge in [0, 0.05) is 0 Å². The van der Waals surface area contributed by atoms with Crippen LogP contribution in [0.2, 0.25) is 0 Å². The molecule has 0 radical (unpaired) electrons. The average molecular weight is 286 g/mol. The van der Waals surface area contributed by atoms with E-state index < -0.39 is 18.1 Å². The Kier molecular flexibility index (Phi) is 4.68. The topological polar surface area (TPSA) is 74.6 Å². The Morgan fingerprint density at radius 2 is 1.40 bits per heavy atom. The zero-order valence-electron chi connectivity index (χ0n) is 9.89. The molecular formula is C13H9F3O4. The van der Waals surface area contributed by atoms with Crippen LogP contribution in [0.3, 0.4) is 0 Å². The number of aliphatic carboxylic acids is 1. The Balaban J connectivity index is 0.000000246. The number of carbonyl (C=O) groups is 2. The molecule has 0 aromatic heterocycles. The highest BCUT2D eigenvalue weighted by Crippen LogP contribution is 2.15. The summed E-state index contributed by atoms with van der Waals surface area (Å²) < 4.78 is 31.7. The second-order valence-electron chi connectivity index (χ2n) is 3.67. The molecule has 0 unspecified atom stereocenters. The van der Waals surface area contributed by atoms with E-state index >= 15 is 0 Å². The molecule has 0 amide bonds. The maximum Gasteiger partial charge on any atom is 0.490 e. The van der Waals surface area contributed by atoms with E-state index in [1.807, 2.05) is 30.3 Å². The number of hydrogen-bond acceptors (Lipinski definition) is 2. The van der Waals surface area contributed by atoms with E-state index in [0.717, 1.165) is 10.8 Å². The van der Waals surface area contributed by atoms with Crippen LogP contribution in [0.4, 0.5) is 13.2 Å². The van der Waals surface area contributed by atoms with E-state index in [1.165, 1.54) is 0 Å². The van der Waals surface area contributed by atoms with Gasteiger partial charge in [0.05, 0.1) is 5.56 Å². The first-order valence-electron chi connectivity index (χ1n) is 5.24. The molecule has 2 aromatic rings. The summed E-state index contributed by atoms with van der Waals surface area (Å²) in [6.07, 6.45) is -5.08. The van der Waals surface area contributed by atoms with Gasteiger partial charge in [-0.25, -0.2) is 9.59 Å². The summed E-state index contributed by atoms with van der Waals surface area (Å²) in [5.74, 6) is -3.64. The van der Waals surface area contributed by atoms with E-state index in [2.05, 4.69) is 0 Å². The maximum absolute atomic E-state index is 10.6. The van der Waals surface area contributed by atoms with Gasteiger partial charge >= 0.3 is 18.1 Å². The van der Waals surface area contributed by atoms with Crippen molar-refractivity contribution < 1.29 is 33.0 Å². The number of hydrogen-bond donors (Lipinski definition) is 2. The summed E-state index contributed by atoms with van der Waals surface area (Å²) in [6.45, 7) is 0. The van der Waals surface area contributed by atoms with E-state index in [1.54, 1.807) is 12.1 Å². The standard InChI is InChI=1S/C11H8O2.C2HF3O2/c12-11(13)10-6-5-8-3-1-2-4-9(8)7-10;3-2(4,5)1(6)7/h1-7H,(H,12,13);(H,6,7). The first kappa shape index (κ1) is 15.5. The molecule has 7 heteroatoms. The molecule has 0 saturated heterocycles. The second kappa shape index (κ2) is 6.05. The Bertz CT molecular complexity index is 635. The van der Waals surface area contributed by atoms with E-state index in [9.17, 15) is 18.0 Å². The molecule has 0 aliphatic heterocycles. The Morgan fingerprint density at radius 1 is 0.900 bits per heavy atom. The third-order valence-electron chi connectivity index (χ3n) is 2.24. The van der Waals surface area contributed by atoms with Crippen LogP contribution in [0.5, 0.6) is 0 Å². The molecule has 0 fully saturated rings. The lowest BCUT2D eigenvalue weighted by molar-refractivity contribution is -0.192. The summed E-state index contributed by atoms with van der Waals surface area (Å²) in [4.78, 5) is 19.5. The monoisotopic (exact) mass is 286 g/mol. The fraction of sp³-hybridized carbons (Fsp3) is 0.0769. The summed E-state index contributed by atoms with van der Waals surface area (Å²) >= 11 is 0. The van der Waals surface area contributed by atoms with Crippen molar-refractivity contribution in [3.8, 4) is 0 Å². The minimum absolute atomic E-state index is 0.332. The highest BCUT2D eigenvalue weighted by atomic mass is 19.4. The lowest BCUT2D eigenvalue weighted by Gasteiger charge is -1.98. The second-order valence-corrected chi connectivity index (χ2v) is 3.67. The predicted octanol–water partition coefficient (Wildman–Crippen LogP) is 3.17. The fourth-order valence-electron chi connectivity index (χ4n) is 1.32. The van der Waals surface area contributed by atoms with Gasteiger partial charge in [-0.2, -0.15) is 13.2 Å². The molecule has 0 aliphatic rings. The van der Waals surface area contributed by atoms with Gasteiger partial charge in [-0.3, -0.25) is 0 Å². The summed E-state index contributed by atoms with van der Waals surface area (Å²) in [5.41, 5.74) is 0.332.